The number of hydrogen-bond acceptors (Lipinski definition) is 7. The van der Waals surface area contributed by atoms with Crippen LogP contribution in [0.1, 0.15) is 23.6 Å². The Bertz CT molecular complexity index is 1220. The van der Waals surface area contributed by atoms with Gasteiger partial charge in [-0.05, 0) is 24.6 Å². The van der Waals surface area contributed by atoms with Crippen LogP contribution in [-0.4, -0.2) is 74.5 Å². The lowest BCUT2D eigenvalue weighted by Gasteiger charge is -2.43. The first kappa shape index (κ1) is 26.2. The Morgan fingerprint density at radius 2 is 1.87 bits per heavy atom. The van der Waals surface area contributed by atoms with Gasteiger partial charge in [0.15, 0.2) is 12.1 Å². The summed E-state index contributed by atoms with van der Waals surface area (Å²) in [5, 5.41) is 21.3. The van der Waals surface area contributed by atoms with Crippen molar-refractivity contribution >= 4 is 11.6 Å². The molecule has 3 unspecified atom stereocenters. The number of ether oxygens (including phenoxy) is 2. The first-order chi connectivity index (χ1) is 18.5. The molecule has 5 rings (SSSR count). The number of carbonyl (C=O) groups excluding carboxylic acids is 1. The number of piperazine rings is 1. The molecule has 202 valence electrons. The molecule has 0 bridgehead atoms. The molecule has 2 aromatic carbocycles. The third-order valence-electron chi connectivity index (χ3n) is 7.70. The lowest BCUT2D eigenvalue weighted by atomic mass is 9.94. The topological polar surface area (TPSA) is 93.6 Å². The molecule has 3 heterocycles. The highest BCUT2D eigenvalue weighted by atomic mass is 16.5. The molecule has 3 N–H and O–H groups in total. The second-order valence-corrected chi connectivity index (χ2v) is 10.0. The van der Waals surface area contributed by atoms with E-state index in [1.54, 1.807) is 14.0 Å². The molecule has 3 atom stereocenters. The molecule has 2 aromatic rings. The van der Waals surface area contributed by atoms with Crippen LogP contribution in [0.15, 0.2) is 66.1 Å². The average Bonchev–Trinajstić information content (AvgIpc) is 2.94. The molecule has 38 heavy (non-hydrogen) atoms. The SMILES string of the molecule is COc1ccccc1CC1C2=C(NCNC2)OC(N2CCN(C(C)=O)CC2)/C=C(/c2ccccc2C)[NH+]1[O-]. The van der Waals surface area contributed by atoms with E-state index in [1.165, 1.54) is 0 Å². The Morgan fingerprint density at radius 3 is 2.61 bits per heavy atom. The molecular weight excluding hydrogens is 482 g/mol. The summed E-state index contributed by atoms with van der Waals surface area (Å²) in [6, 6.07) is 15.4. The molecule has 3 aliphatic heterocycles. The molecule has 0 radical (unpaired) electrons. The van der Waals surface area contributed by atoms with Gasteiger partial charge in [-0.15, -0.1) is 0 Å². The molecule has 1 amide bonds. The highest BCUT2D eigenvalue weighted by Crippen LogP contribution is 2.27. The predicted molar refractivity (Wildman–Crippen MR) is 146 cm³/mol. The molecule has 0 aliphatic carbocycles. The van der Waals surface area contributed by atoms with Crippen LogP contribution in [0.4, 0.5) is 0 Å². The number of carbonyl (C=O) groups is 1. The van der Waals surface area contributed by atoms with Crippen LogP contribution in [0.3, 0.4) is 0 Å². The van der Waals surface area contributed by atoms with E-state index in [4.69, 9.17) is 9.47 Å². The van der Waals surface area contributed by atoms with Crippen LogP contribution in [0, 0.1) is 12.1 Å². The zero-order valence-electron chi connectivity index (χ0n) is 22.3. The summed E-state index contributed by atoms with van der Waals surface area (Å²) in [7, 11) is 1.66. The van der Waals surface area contributed by atoms with Crippen LogP contribution in [-0.2, 0) is 16.0 Å². The third-order valence-corrected chi connectivity index (χ3v) is 7.70. The minimum Gasteiger partial charge on any atom is -0.628 e. The van der Waals surface area contributed by atoms with Gasteiger partial charge in [0.2, 0.25) is 5.91 Å². The van der Waals surface area contributed by atoms with Crippen LogP contribution in [0.25, 0.3) is 5.70 Å². The molecule has 1 saturated heterocycles. The van der Waals surface area contributed by atoms with Gasteiger partial charge in [0.1, 0.15) is 17.5 Å². The lowest BCUT2D eigenvalue weighted by molar-refractivity contribution is -0.793. The van der Waals surface area contributed by atoms with Gasteiger partial charge < -0.3 is 30.0 Å². The van der Waals surface area contributed by atoms with E-state index < -0.39 is 12.3 Å². The first-order valence-corrected chi connectivity index (χ1v) is 13.2. The number of quaternary nitrogens is 1. The van der Waals surface area contributed by atoms with Crippen molar-refractivity contribution in [3.63, 3.8) is 0 Å². The van der Waals surface area contributed by atoms with Crippen molar-refractivity contribution in [2.45, 2.75) is 32.5 Å². The van der Waals surface area contributed by atoms with E-state index >= 15 is 0 Å². The Labute approximate surface area is 224 Å². The lowest BCUT2D eigenvalue weighted by Crippen LogP contribution is -3.09. The number of hydrogen-bond donors (Lipinski definition) is 3. The largest absolute Gasteiger partial charge is 0.628 e. The molecule has 0 aromatic heterocycles. The fraction of sp³-hybridized carbons (Fsp3) is 0.414. The van der Waals surface area contributed by atoms with E-state index in [1.807, 2.05) is 66.4 Å². The minimum absolute atomic E-state index is 0.0684. The summed E-state index contributed by atoms with van der Waals surface area (Å²) in [5.41, 5.74) is 4.52. The molecular formula is C29H37N5O4. The Hall–Kier alpha value is -3.37. The monoisotopic (exact) mass is 519 g/mol. The van der Waals surface area contributed by atoms with E-state index in [9.17, 15) is 10.0 Å². The number of nitrogens with zero attached hydrogens (tertiary/aromatic N) is 2. The summed E-state index contributed by atoms with van der Waals surface area (Å²) < 4.78 is 12.3. The second kappa shape index (κ2) is 11.6. The molecule has 9 nitrogen and oxygen atoms in total. The number of benzene rings is 2. The zero-order chi connectivity index (χ0) is 26.6. The average molecular weight is 520 g/mol. The van der Waals surface area contributed by atoms with E-state index in [0.29, 0.717) is 57.4 Å². The number of para-hydroxylation sites is 1. The van der Waals surface area contributed by atoms with E-state index in [2.05, 4.69) is 15.5 Å². The van der Waals surface area contributed by atoms with Gasteiger partial charge in [-0.25, -0.2) is 0 Å². The predicted octanol–water partition coefficient (Wildman–Crippen LogP) is 1.22. The maximum Gasteiger partial charge on any atom is 0.219 e. The quantitative estimate of drug-likeness (QED) is 0.512. The van der Waals surface area contributed by atoms with Crippen LogP contribution in [0.5, 0.6) is 5.75 Å². The van der Waals surface area contributed by atoms with Gasteiger partial charge >= 0.3 is 0 Å². The van der Waals surface area contributed by atoms with Gasteiger partial charge in [-0.1, -0.05) is 36.4 Å². The summed E-state index contributed by atoms with van der Waals surface area (Å²) in [4.78, 5) is 16.0. The van der Waals surface area contributed by atoms with Crippen molar-refractivity contribution in [2.24, 2.45) is 0 Å². The van der Waals surface area contributed by atoms with Gasteiger partial charge in [0.05, 0.1) is 19.4 Å². The minimum atomic E-state index is -0.439. The summed E-state index contributed by atoms with van der Waals surface area (Å²) >= 11 is 0. The van der Waals surface area contributed by atoms with Gasteiger partial charge in [0.25, 0.3) is 0 Å². The Kier molecular flexibility index (Phi) is 7.99. The maximum absolute atomic E-state index is 14.6. The number of methoxy groups -OCH3 is 1. The molecule has 9 heteroatoms. The fourth-order valence-corrected chi connectivity index (χ4v) is 5.53. The van der Waals surface area contributed by atoms with E-state index in [-0.39, 0.29) is 11.0 Å². The standard InChI is InChI=1S/C29H37N5O4/c1-20-8-4-6-10-23(20)26-17-28(33-14-12-32(13-15-33)21(2)35)38-29-24(18-30-19-31-29)25(34(26)36)16-22-9-5-7-11-27(22)37-3/h4-11,17,25,28,30-31,34H,12-16,18-19H2,1-3H3/b26-17-. The molecule has 3 aliphatic rings. The summed E-state index contributed by atoms with van der Waals surface area (Å²) in [6.45, 7) is 7.36. The third kappa shape index (κ3) is 5.42. The molecule has 0 spiro atoms. The number of amides is 1. The van der Waals surface area contributed by atoms with Crippen LogP contribution in [0.2, 0.25) is 0 Å². The van der Waals surface area contributed by atoms with Crippen molar-refractivity contribution < 1.29 is 19.3 Å². The number of nitrogens with one attached hydrogen (secondary N) is 3. The number of rotatable bonds is 5. The maximum atomic E-state index is 14.6. The normalized spacial score (nSPS) is 25.7. The number of aryl methyl sites for hydroxylation is 1. The van der Waals surface area contributed by atoms with Gasteiger partial charge in [-0.2, -0.15) is 0 Å². The van der Waals surface area contributed by atoms with Crippen molar-refractivity contribution in [2.75, 3.05) is 46.5 Å². The first-order valence-electron chi connectivity index (χ1n) is 13.2. The van der Waals surface area contributed by atoms with Crippen molar-refractivity contribution in [1.29, 1.82) is 0 Å². The summed E-state index contributed by atoms with van der Waals surface area (Å²) in [6.07, 6.45) is 2.04. The second-order valence-electron chi connectivity index (χ2n) is 10.0. The van der Waals surface area contributed by atoms with Crippen LogP contribution < -0.4 is 20.4 Å². The smallest absolute Gasteiger partial charge is 0.219 e. The Balaban J connectivity index is 1.57. The fourth-order valence-electron chi connectivity index (χ4n) is 5.53. The van der Waals surface area contributed by atoms with E-state index in [0.717, 1.165) is 28.0 Å². The van der Waals surface area contributed by atoms with Gasteiger partial charge in [-0.3, -0.25) is 15.0 Å². The molecule has 0 saturated carbocycles. The van der Waals surface area contributed by atoms with Crippen molar-refractivity contribution in [1.82, 2.24) is 20.4 Å². The highest BCUT2D eigenvalue weighted by Gasteiger charge is 2.37. The number of hydroxylamine groups is 2. The Morgan fingerprint density at radius 1 is 1.13 bits per heavy atom. The summed E-state index contributed by atoms with van der Waals surface area (Å²) in [5.74, 6) is 1.51. The van der Waals surface area contributed by atoms with Gasteiger partial charge in [0, 0.05) is 63.3 Å². The highest BCUT2D eigenvalue weighted by molar-refractivity contribution is 5.73. The van der Waals surface area contributed by atoms with Crippen molar-refractivity contribution in [3.05, 3.63) is 88.0 Å². The van der Waals surface area contributed by atoms with Crippen molar-refractivity contribution in [3.8, 4) is 5.75 Å². The van der Waals surface area contributed by atoms with Crippen LogP contribution >= 0.6 is 0 Å². The zero-order valence-corrected chi connectivity index (χ0v) is 22.3. The molecule has 1 fully saturated rings.